The van der Waals surface area contributed by atoms with E-state index in [9.17, 15) is 8.78 Å². The molecule has 0 bridgehead atoms. The highest BCUT2D eigenvalue weighted by atomic mass is 19.3. The standard InChI is InChI=1S/C12H17F2NO2/c1-16-8-7-15-9-12(13,14)10-5-3-4-6-11(10)17-2/h3-6,15H,7-9H2,1-2H3. The molecular formula is C12H17F2NO2. The molecule has 0 aliphatic rings. The highest BCUT2D eigenvalue weighted by Gasteiger charge is 2.33. The van der Waals surface area contributed by atoms with Crippen LogP contribution in [0.1, 0.15) is 5.56 Å². The zero-order valence-electron chi connectivity index (χ0n) is 10.0. The summed E-state index contributed by atoms with van der Waals surface area (Å²) < 4.78 is 37.4. The van der Waals surface area contributed by atoms with Gasteiger partial charge in [0, 0.05) is 13.7 Å². The minimum Gasteiger partial charge on any atom is -0.496 e. The van der Waals surface area contributed by atoms with Crippen LogP contribution in [0.25, 0.3) is 0 Å². The maximum absolute atomic E-state index is 13.8. The summed E-state index contributed by atoms with van der Waals surface area (Å²) in [4.78, 5) is 0. The predicted molar refractivity (Wildman–Crippen MR) is 61.6 cm³/mol. The molecule has 1 aromatic rings. The molecule has 0 heterocycles. The van der Waals surface area contributed by atoms with Crippen LogP contribution < -0.4 is 10.1 Å². The van der Waals surface area contributed by atoms with Crippen LogP contribution in [-0.4, -0.2) is 33.9 Å². The Kier molecular flexibility index (Phi) is 5.31. The first kappa shape index (κ1) is 13.9. The van der Waals surface area contributed by atoms with Crippen molar-refractivity contribution in [3.05, 3.63) is 29.8 Å². The lowest BCUT2D eigenvalue weighted by Crippen LogP contribution is -2.33. The van der Waals surface area contributed by atoms with Gasteiger partial charge in [0.05, 0.1) is 25.8 Å². The molecular weight excluding hydrogens is 228 g/mol. The highest BCUT2D eigenvalue weighted by molar-refractivity contribution is 5.36. The number of halogens is 2. The summed E-state index contributed by atoms with van der Waals surface area (Å²) in [5.41, 5.74) is -0.104. The number of nitrogens with one attached hydrogen (secondary N) is 1. The van der Waals surface area contributed by atoms with Crippen LogP contribution >= 0.6 is 0 Å². The Labute approximate surface area is 99.7 Å². The molecule has 1 rings (SSSR count). The van der Waals surface area contributed by atoms with E-state index in [4.69, 9.17) is 9.47 Å². The summed E-state index contributed by atoms with van der Waals surface area (Å²) in [5, 5.41) is 2.65. The van der Waals surface area contributed by atoms with E-state index in [1.807, 2.05) is 0 Å². The third-order valence-electron chi connectivity index (χ3n) is 2.33. The van der Waals surface area contributed by atoms with Crippen LogP contribution in [0.2, 0.25) is 0 Å². The SMILES string of the molecule is COCCNCC(F)(F)c1ccccc1OC. The highest BCUT2D eigenvalue weighted by Crippen LogP contribution is 2.33. The second kappa shape index (κ2) is 6.51. The molecule has 5 heteroatoms. The molecule has 0 amide bonds. The van der Waals surface area contributed by atoms with Gasteiger partial charge in [0.15, 0.2) is 0 Å². The van der Waals surface area contributed by atoms with Gasteiger partial charge in [0.25, 0.3) is 5.92 Å². The van der Waals surface area contributed by atoms with Crippen LogP contribution in [0.15, 0.2) is 24.3 Å². The molecule has 0 atom stereocenters. The number of methoxy groups -OCH3 is 2. The van der Waals surface area contributed by atoms with Crippen molar-refractivity contribution in [1.82, 2.24) is 5.32 Å². The van der Waals surface area contributed by atoms with E-state index in [0.717, 1.165) is 0 Å². The maximum Gasteiger partial charge on any atom is 0.288 e. The summed E-state index contributed by atoms with van der Waals surface area (Å²) in [5.74, 6) is -2.76. The largest absolute Gasteiger partial charge is 0.496 e. The van der Waals surface area contributed by atoms with Gasteiger partial charge in [0.1, 0.15) is 5.75 Å². The number of alkyl halides is 2. The zero-order chi connectivity index (χ0) is 12.7. The number of benzene rings is 1. The average Bonchev–Trinajstić information content (AvgIpc) is 2.34. The molecule has 0 spiro atoms. The maximum atomic E-state index is 13.8. The van der Waals surface area contributed by atoms with Gasteiger partial charge in [-0.05, 0) is 12.1 Å². The van der Waals surface area contributed by atoms with Gasteiger partial charge in [-0.3, -0.25) is 0 Å². The molecule has 0 unspecified atom stereocenters. The number of ether oxygens (including phenoxy) is 2. The molecule has 96 valence electrons. The van der Waals surface area contributed by atoms with E-state index in [0.29, 0.717) is 13.2 Å². The van der Waals surface area contributed by atoms with Gasteiger partial charge in [-0.2, -0.15) is 8.78 Å². The number of hydrogen-bond acceptors (Lipinski definition) is 3. The van der Waals surface area contributed by atoms with Gasteiger partial charge < -0.3 is 14.8 Å². The molecule has 1 N–H and O–H groups in total. The van der Waals surface area contributed by atoms with Crippen LogP contribution in [0, 0.1) is 0 Å². The van der Waals surface area contributed by atoms with Crippen molar-refractivity contribution in [2.75, 3.05) is 33.9 Å². The lowest BCUT2D eigenvalue weighted by molar-refractivity contribution is -0.00624. The minimum absolute atomic E-state index is 0.104. The third kappa shape index (κ3) is 3.94. The summed E-state index contributed by atoms with van der Waals surface area (Å²) in [6, 6.07) is 6.13. The lowest BCUT2D eigenvalue weighted by Gasteiger charge is -2.19. The average molecular weight is 245 g/mol. The van der Waals surface area contributed by atoms with E-state index in [-0.39, 0.29) is 11.3 Å². The summed E-state index contributed by atoms with van der Waals surface area (Å²) in [7, 11) is 2.91. The molecule has 0 aromatic heterocycles. The van der Waals surface area contributed by atoms with E-state index >= 15 is 0 Å². The quantitative estimate of drug-likeness (QED) is 0.745. The van der Waals surface area contributed by atoms with Gasteiger partial charge in [-0.15, -0.1) is 0 Å². The Bertz CT molecular complexity index is 345. The fraction of sp³-hybridized carbons (Fsp3) is 0.500. The van der Waals surface area contributed by atoms with Crippen molar-refractivity contribution in [3.63, 3.8) is 0 Å². The molecule has 0 radical (unpaired) electrons. The summed E-state index contributed by atoms with van der Waals surface area (Å²) in [6.45, 7) is 0.361. The second-order valence-corrected chi connectivity index (χ2v) is 3.57. The van der Waals surface area contributed by atoms with Crippen LogP contribution in [-0.2, 0) is 10.7 Å². The first-order chi connectivity index (χ1) is 8.11. The molecule has 3 nitrogen and oxygen atoms in total. The summed E-state index contributed by atoms with van der Waals surface area (Å²) in [6.07, 6.45) is 0. The van der Waals surface area contributed by atoms with E-state index in [1.54, 1.807) is 12.1 Å². The first-order valence-electron chi connectivity index (χ1n) is 5.33. The number of para-hydroxylation sites is 1. The molecule has 1 aromatic carbocycles. The van der Waals surface area contributed by atoms with Crippen LogP contribution in [0.3, 0.4) is 0 Å². The Balaban J connectivity index is 2.67. The zero-order valence-corrected chi connectivity index (χ0v) is 10.0. The molecule has 0 aliphatic carbocycles. The van der Waals surface area contributed by atoms with Gasteiger partial charge >= 0.3 is 0 Å². The Morgan fingerprint density at radius 1 is 1.24 bits per heavy atom. The first-order valence-corrected chi connectivity index (χ1v) is 5.33. The normalized spacial score (nSPS) is 11.5. The monoisotopic (exact) mass is 245 g/mol. The molecule has 0 saturated heterocycles. The molecule has 0 fully saturated rings. The van der Waals surface area contributed by atoms with Crippen molar-refractivity contribution in [1.29, 1.82) is 0 Å². The van der Waals surface area contributed by atoms with Crippen molar-refractivity contribution >= 4 is 0 Å². The molecule has 0 saturated carbocycles. The van der Waals surface area contributed by atoms with Crippen LogP contribution in [0.4, 0.5) is 8.78 Å². The summed E-state index contributed by atoms with van der Waals surface area (Å²) >= 11 is 0. The third-order valence-corrected chi connectivity index (χ3v) is 2.33. The predicted octanol–water partition coefficient (Wildman–Crippen LogP) is 2.02. The van der Waals surface area contributed by atoms with Crippen molar-refractivity contribution in [3.8, 4) is 5.75 Å². The Morgan fingerprint density at radius 3 is 2.59 bits per heavy atom. The van der Waals surface area contributed by atoms with E-state index in [1.165, 1.54) is 26.4 Å². The van der Waals surface area contributed by atoms with Gasteiger partial charge in [0.2, 0.25) is 0 Å². The van der Waals surface area contributed by atoms with Crippen molar-refractivity contribution in [2.45, 2.75) is 5.92 Å². The van der Waals surface area contributed by atoms with Crippen molar-refractivity contribution in [2.24, 2.45) is 0 Å². The Hall–Kier alpha value is -1.20. The number of hydrogen-bond donors (Lipinski definition) is 1. The van der Waals surface area contributed by atoms with Crippen LogP contribution in [0.5, 0.6) is 5.75 Å². The topological polar surface area (TPSA) is 30.5 Å². The molecule has 0 aliphatic heterocycles. The van der Waals surface area contributed by atoms with Gasteiger partial charge in [-0.1, -0.05) is 12.1 Å². The minimum atomic E-state index is -2.96. The Morgan fingerprint density at radius 2 is 1.94 bits per heavy atom. The fourth-order valence-corrected chi connectivity index (χ4v) is 1.46. The lowest BCUT2D eigenvalue weighted by atomic mass is 10.1. The fourth-order valence-electron chi connectivity index (χ4n) is 1.46. The van der Waals surface area contributed by atoms with Crippen molar-refractivity contribution < 1.29 is 18.3 Å². The second-order valence-electron chi connectivity index (χ2n) is 3.57. The van der Waals surface area contributed by atoms with E-state index in [2.05, 4.69) is 5.32 Å². The number of rotatable bonds is 7. The molecule has 17 heavy (non-hydrogen) atoms. The van der Waals surface area contributed by atoms with E-state index < -0.39 is 12.5 Å². The van der Waals surface area contributed by atoms with Gasteiger partial charge in [-0.25, -0.2) is 0 Å². The smallest absolute Gasteiger partial charge is 0.288 e.